The minimum atomic E-state index is -4.84. The highest BCUT2D eigenvalue weighted by Gasteiger charge is 2.53. The number of amides is 1. The van der Waals surface area contributed by atoms with Gasteiger partial charge in [0.1, 0.15) is 5.71 Å². The van der Waals surface area contributed by atoms with E-state index in [1.165, 1.54) is 0 Å². The quantitative estimate of drug-likeness (QED) is 0.638. The van der Waals surface area contributed by atoms with Gasteiger partial charge in [-0.15, -0.1) is 0 Å². The molecule has 0 bridgehead atoms. The topological polar surface area (TPSA) is 96.0 Å². The zero-order valence-corrected chi connectivity index (χ0v) is 14.3. The molecule has 0 saturated heterocycles. The lowest BCUT2D eigenvalue weighted by Crippen LogP contribution is -2.44. The Morgan fingerprint density at radius 1 is 1.18 bits per heavy atom. The number of nitrogens with zero attached hydrogens (tertiary/aromatic N) is 3. The number of carbonyl (C=O) groups excluding carboxylic acids is 1. The molecule has 1 N–H and O–H groups in total. The van der Waals surface area contributed by atoms with Gasteiger partial charge in [-0.05, 0) is 17.7 Å². The smallest absolute Gasteiger partial charge is 0.365 e. The minimum absolute atomic E-state index is 0.109. The molecule has 0 radical (unpaired) electrons. The number of hydrogen-bond donors (Lipinski definition) is 1. The van der Waals surface area contributed by atoms with Crippen LogP contribution in [0.2, 0.25) is 0 Å². The monoisotopic (exact) mass is 393 g/mol. The van der Waals surface area contributed by atoms with Gasteiger partial charge in [0.2, 0.25) is 5.91 Å². The molecule has 1 aliphatic heterocycles. The van der Waals surface area contributed by atoms with Crippen LogP contribution in [-0.2, 0) is 16.9 Å². The standard InChI is InChI=1S/C18H14F3N3O4/c19-18(20,21)15-11-17(26,13-6-8-14(9-7-13)24(27)28)23(22-15)16(25)10-12-4-2-1-3-5-12/h1-9,26H,10-11H2/t17-/m0/s1. The predicted octanol–water partition coefficient (Wildman–Crippen LogP) is 3.13. The maximum absolute atomic E-state index is 13.2. The van der Waals surface area contributed by atoms with E-state index in [0.29, 0.717) is 10.6 Å². The third-order valence-corrected chi connectivity index (χ3v) is 4.29. The first-order chi connectivity index (χ1) is 13.1. The van der Waals surface area contributed by atoms with Crippen LogP contribution in [0.1, 0.15) is 17.5 Å². The summed E-state index contributed by atoms with van der Waals surface area (Å²) in [5.74, 6) is -0.841. The molecule has 0 aromatic heterocycles. The van der Waals surface area contributed by atoms with E-state index in [1.54, 1.807) is 30.3 Å². The Balaban J connectivity index is 1.97. The van der Waals surface area contributed by atoms with Crippen molar-refractivity contribution in [2.45, 2.75) is 24.7 Å². The Hall–Kier alpha value is -3.27. The number of nitro benzene ring substituents is 1. The number of nitro groups is 1. The predicted molar refractivity (Wildman–Crippen MR) is 92.1 cm³/mol. The summed E-state index contributed by atoms with van der Waals surface area (Å²) in [6.45, 7) is 0. The number of alkyl halides is 3. The van der Waals surface area contributed by atoms with Crippen molar-refractivity contribution in [3.63, 3.8) is 0 Å². The third kappa shape index (κ3) is 3.72. The number of carbonyl (C=O) groups is 1. The number of hydrazone groups is 1. The van der Waals surface area contributed by atoms with E-state index in [2.05, 4.69) is 5.10 Å². The van der Waals surface area contributed by atoms with Crippen LogP contribution in [0.15, 0.2) is 59.7 Å². The molecule has 146 valence electrons. The average molecular weight is 393 g/mol. The Morgan fingerprint density at radius 3 is 2.32 bits per heavy atom. The van der Waals surface area contributed by atoms with Crippen molar-refractivity contribution < 1.29 is 28.0 Å². The summed E-state index contributed by atoms with van der Waals surface area (Å²) < 4.78 is 39.6. The van der Waals surface area contributed by atoms with E-state index in [1.807, 2.05) is 0 Å². The molecular weight excluding hydrogens is 379 g/mol. The number of non-ortho nitro benzene ring substituents is 1. The molecule has 2 aromatic rings. The van der Waals surface area contributed by atoms with Crippen molar-refractivity contribution in [2.75, 3.05) is 0 Å². The van der Waals surface area contributed by atoms with Crippen LogP contribution >= 0.6 is 0 Å². The minimum Gasteiger partial charge on any atom is -0.365 e. The van der Waals surface area contributed by atoms with Gasteiger partial charge in [0, 0.05) is 17.7 Å². The van der Waals surface area contributed by atoms with Gasteiger partial charge in [-0.1, -0.05) is 30.3 Å². The first-order valence-corrected chi connectivity index (χ1v) is 8.10. The van der Waals surface area contributed by atoms with Crippen molar-refractivity contribution in [1.82, 2.24) is 5.01 Å². The highest BCUT2D eigenvalue weighted by Crippen LogP contribution is 2.40. The third-order valence-electron chi connectivity index (χ3n) is 4.29. The van der Waals surface area contributed by atoms with E-state index in [0.717, 1.165) is 24.3 Å². The summed E-state index contributed by atoms with van der Waals surface area (Å²) in [6, 6.07) is 12.6. The fraction of sp³-hybridized carbons (Fsp3) is 0.222. The molecule has 0 fully saturated rings. The fourth-order valence-corrected chi connectivity index (χ4v) is 2.89. The van der Waals surface area contributed by atoms with E-state index in [9.17, 15) is 33.2 Å². The SMILES string of the molecule is O=C(Cc1ccccc1)N1N=C(C(F)(F)F)C[C@]1(O)c1ccc([N+](=O)[O-])cc1. The highest BCUT2D eigenvalue weighted by atomic mass is 19.4. The van der Waals surface area contributed by atoms with Crippen molar-refractivity contribution in [3.8, 4) is 0 Å². The van der Waals surface area contributed by atoms with Crippen molar-refractivity contribution in [1.29, 1.82) is 0 Å². The van der Waals surface area contributed by atoms with Crippen LogP contribution in [0.4, 0.5) is 18.9 Å². The Kier molecular flexibility index (Phi) is 4.90. The maximum Gasteiger partial charge on any atom is 0.431 e. The molecule has 0 aliphatic carbocycles. The van der Waals surface area contributed by atoms with Crippen LogP contribution in [0.25, 0.3) is 0 Å². The van der Waals surface area contributed by atoms with Crippen LogP contribution in [0, 0.1) is 10.1 Å². The molecule has 2 aromatic carbocycles. The molecule has 28 heavy (non-hydrogen) atoms. The second-order valence-electron chi connectivity index (χ2n) is 6.21. The number of rotatable bonds is 4. The Labute approximate surface area is 156 Å². The molecule has 1 amide bonds. The van der Waals surface area contributed by atoms with E-state index in [4.69, 9.17) is 0 Å². The molecule has 1 aliphatic rings. The van der Waals surface area contributed by atoms with Crippen LogP contribution in [-0.4, -0.2) is 32.8 Å². The molecule has 1 atom stereocenters. The van der Waals surface area contributed by atoms with Gasteiger partial charge in [0.15, 0.2) is 5.72 Å². The van der Waals surface area contributed by atoms with Crippen molar-refractivity contribution >= 4 is 17.3 Å². The fourth-order valence-electron chi connectivity index (χ4n) is 2.89. The van der Waals surface area contributed by atoms with Crippen LogP contribution in [0.3, 0.4) is 0 Å². The van der Waals surface area contributed by atoms with Gasteiger partial charge >= 0.3 is 6.18 Å². The molecule has 7 nitrogen and oxygen atoms in total. The van der Waals surface area contributed by atoms with Crippen molar-refractivity contribution in [2.24, 2.45) is 5.10 Å². The van der Waals surface area contributed by atoms with E-state index < -0.39 is 34.9 Å². The zero-order valence-electron chi connectivity index (χ0n) is 14.3. The van der Waals surface area contributed by atoms with E-state index >= 15 is 0 Å². The summed E-state index contributed by atoms with van der Waals surface area (Å²) in [7, 11) is 0. The number of aliphatic hydroxyl groups is 1. The molecular formula is C18H14F3N3O4. The van der Waals surface area contributed by atoms with Crippen molar-refractivity contribution in [3.05, 3.63) is 75.8 Å². The lowest BCUT2D eigenvalue weighted by atomic mass is 9.96. The summed E-state index contributed by atoms with van der Waals surface area (Å²) >= 11 is 0. The lowest BCUT2D eigenvalue weighted by molar-refractivity contribution is -0.384. The molecule has 3 rings (SSSR count). The van der Waals surface area contributed by atoms with E-state index in [-0.39, 0.29) is 17.7 Å². The molecule has 0 unspecified atom stereocenters. The van der Waals surface area contributed by atoms with Gasteiger partial charge in [-0.25, -0.2) is 0 Å². The highest BCUT2D eigenvalue weighted by molar-refractivity contribution is 5.95. The normalized spacial score (nSPS) is 19.4. The van der Waals surface area contributed by atoms with Crippen LogP contribution < -0.4 is 0 Å². The first-order valence-electron chi connectivity index (χ1n) is 8.10. The molecule has 0 saturated carbocycles. The first kappa shape index (κ1) is 19.5. The summed E-state index contributed by atoms with van der Waals surface area (Å²) in [5.41, 5.74) is -3.58. The maximum atomic E-state index is 13.2. The second-order valence-corrected chi connectivity index (χ2v) is 6.21. The summed E-state index contributed by atoms with van der Waals surface area (Å²) in [6.07, 6.45) is -6.09. The Bertz CT molecular complexity index is 929. The Morgan fingerprint density at radius 2 is 1.79 bits per heavy atom. The van der Waals surface area contributed by atoms with Gasteiger partial charge < -0.3 is 5.11 Å². The molecule has 1 heterocycles. The van der Waals surface area contributed by atoms with Gasteiger partial charge in [0.05, 0.1) is 17.8 Å². The largest absolute Gasteiger partial charge is 0.431 e. The zero-order chi connectivity index (χ0) is 20.5. The van der Waals surface area contributed by atoms with Gasteiger partial charge in [0.25, 0.3) is 5.69 Å². The van der Waals surface area contributed by atoms with Gasteiger partial charge in [-0.3, -0.25) is 14.9 Å². The second kappa shape index (κ2) is 7.04. The summed E-state index contributed by atoms with van der Waals surface area (Å²) in [5, 5.41) is 25.5. The van der Waals surface area contributed by atoms with Gasteiger partial charge in [-0.2, -0.15) is 23.3 Å². The summed E-state index contributed by atoms with van der Waals surface area (Å²) in [4.78, 5) is 22.7. The number of hydrogen-bond acceptors (Lipinski definition) is 5. The average Bonchev–Trinajstić information content (AvgIpc) is 3.02. The number of halogens is 3. The number of benzene rings is 2. The lowest BCUT2D eigenvalue weighted by Gasteiger charge is -2.31. The van der Waals surface area contributed by atoms with Crippen LogP contribution in [0.5, 0.6) is 0 Å². The molecule has 10 heteroatoms. The molecule has 0 spiro atoms.